The van der Waals surface area contributed by atoms with Crippen LogP contribution < -0.4 is 4.89 Å². The maximum Gasteiger partial charge on any atom is 0.306 e. The van der Waals surface area contributed by atoms with E-state index in [9.17, 15) is 24.2 Å². The van der Waals surface area contributed by atoms with Gasteiger partial charge in [-0.3, -0.25) is 14.2 Å². The van der Waals surface area contributed by atoms with Gasteiger partial charge in [-0.15, -0.1) is 0 Å². The van der Waals surface area contributed by atoms with Crippen molar-refractivity contribution in [2.24, 2.45) is 0 Å². The molecule has 0 heterocycles. The van der Waals surface area contributed by atoms with Crippen LogP contribution in [0.2, 0.25) is 0 Å². The van der Waals surface area contributed by atoms with E-state index < -0.39 is 38.6 Å². The predicted octanol–water partition coefficient (Wildman–Crippen LogP) is 10.5. The molecule has 0 amide bonds. The molecule has 0 aliphatic carbocycles. The average molecular weight is 842 g/mol. The van der Waals surface area contributed by atoms with Gasteiger partial charge < -0.3 is 33.0 Å². The normalized spacial score (nSPS) is 15.3. The summed E-state index contributed by atoms with van der Waals surface area (Å²) in [5, 5.41) is 10.2. The number of esters is 2. The lowest BCUT2D eigenvalue weighted by molar-refractivity contribution is -0.870. The molecule has 0 aliphatic heterocycles. The molecule has 0 aromatic carbocycles. The monoisotopic (exact) mass is 842 g/mol. The van der Waals surface area contributed by atoms with Crippen molar-refractivity contribution in [2.75, 3.05) is 47.5 Å². The Morgan fingerprint density at radius 1 is 0.627 bits per heavy atom. The van der Waals surface area contributed by atoms with Crippen LogP contribution in [-0.4, -0.2) is 81.2 Å². The van der Waals surface area contributed by atoms with E-state index in [4.69, 9.17) is 18.5 Å². The summed E-state index contributed by atoms with van der Waals surface area (Å²) in [7, 11) is 1.01. The van der Waals surface area contributed by atoms with Crippen LogP contribution in [0.3, 0.4) is 0 Å². The second-order valence-electron chi connectivity index (χ2n) is 14.8. The fourth-order valence-electron chi connectivity index (χ4n) is 4.75. The van der Waals surface area contributed by atoms with Crippen molar-refractivity contribution in [1.82, 2.24) is 0 Å². The predicted molar refractivity (Wildman–Crippen MR) is 241 cm³/mol. The van der Waals surface area contributed by atoms with Crippen LogP contribution in [0.5, 0.6) is 0 Å². The van der Waals surface area contributed by atoms with Crippen molar-refractivity contribution in [3.63, 3.8) is 0 Å². The number of carbonyl (C=O) groups is 2. The summed E-state index contributed by atoms with van der Waals surface area (Å²) in [6.07, 6.45) is 49.8. The summed E-state index contributed by atoms with van der Waals surface area (Å²) in [6, 6.07) is 0. The minimum absolute atomic E-state index is 0.00116. The molecule has 1 N–H and O–H groups in total. The standard InChI is InChI=1S/C48H76NO9P/c1-6-8-10-12-14-16-18-20-21-23-25-27-29-31-35-39-47(51)55-43-46(44-57-59(53,54)56-42-41-49(3,4)5)58-48(52)40-36-32-34-38-45(50)37-33-30-28-26-24-22-19-17-15-13-11-9-7-2/h8-11,14-17,20-22,24-25,27-28,30,32-34,37,45-46,50H,6-7,12-13,18-19,23,26,29,31,35-36,38-44H2,1-5H3/b10-8-,11-9-,16-14-,17-15-,21-20-,24-22-,27-25-,30-28-,34-32-,37-33-/t45?,46-/m1/s1. The molecular weight excluding hydrogens is 766 g/mol. The number of hydrogen-bond acceptors (Lipinski definition) is 9. The number of aliphatic hydroxyl groups excluding tert-OH is 1. The summed E-state index contributed by atoms with van der Waals surface area (Å²) >= 11 is 0. The minimum atomic E-state index is -4.69. The first kappa shape index (κ1) is 55.4. The number of unbranched alkanes of at least 4 members (excludes halogenated alkanes) is 2. The van der Waals surface area contributed by atoms with Gasteiger partial charge in [0.25, 0.3) is 7.82 Å². The molecule has 0 aromatic rings. The number of likely N-dealkylation sites (N-methyl/N-ethyl adjacent to an activating group) is 1. The third-order valence-corrected chi connectivity index (χ3v) is 9.04. The summed E-state index contributed by atoms with van der Waals surface area (Å²) in [5.41, 5.74) is 0. The molecule has 0 saturated carbocycles. The lowest BCUT2D eigenvalue weighted by Crippen LogP contribution is -2.37. The van der Waals surface area contributed by atoms with Gasteiger partial charge in [0.1, 0.15) is 19.8 Å². The van der Waals surface area contributed by atoms with Crippen molar-refractivity contribution in [3.05, 3.63) is 122 Å². The number of quaternary nitrogens is 1. The van der Waals surface area contributed by atoms with Crippen LogP contribution in [0.15, 0.2) is 122 Å². The zero-order valence-corrected chi connectivity index (χ0v) is 37.6. The van der Waals surface area contributed by atoms with Gasteiger partial charge in [-0.1, -0.05) is 135 Å². The van der Waals surface area contributed by atoms with Gasteiger partial charge in [0.05, 0.1) is 33.9 Å². The van der Waals surface area contributed by atoms with Crippen molar-refractivity contribution in [3.8, 4) is 0 Å². The molecule has 0 saturated heterocycles. The van der Waals surface area contributed by atoms with E-state index in [1.54, 1.807) is 24.3 Å². The van der Waals surface area contributed by atoms with E-state index in [1.807, 2.05) is 33.3 Å². The number of carbonyl (C=O) groups excluding carboxylic acids is 2. The van der Waals surface area contributed by atoms with E-state index in [-0.39, 0.29) is 26.1 Å². The highest BCUT2D eigenvalue weighted by Gasteiger charge is 2.21. The Morgan fingerprint density at radius 2 is 1.15 bits per heavy atom. The Kier molecular flexibility index (Phi) is 36.2. The van der Waals surface area contributed by atoms with E-state index in [2.05, 4.69) is 98.9 Å². The molecule has 0 aromatic heterocycles. The Balaban J connectivity index is 4.70. The number of allylic oxidation sites excluding steroid dienone is 18. The lowest BCUT2D eigenvalue weighted by atomic mass is 10.2. The highest BCUT2D eigenvalue weighted by molar-refractivity contribution is 7.45. The highest BCUT2D eigenvalue weighted by Crippen LogP contribution is 2.38. The lowest BCUT2D eigenvalue weighted by Gasteiger charge is -2.28. The molecule has 0 rings (SSSR count). The Morgan fingerprint density at radius 3 is 1.71 bits per heavy atom. The smallest absolute Gasteiger partial charge is 0.306 e. The van der Waals surface area contributed by atoms with E-state index in [0.717, 1.165) is 64.2 Å². The molecule has 0 radical (unpaired) electrons. The first-order valence-electron chi connectivity index (χ1n) is 21.4. The topological polar surface area (TPSA) is 131 Å². The quantitative estimate of drug-likeness (QED) is 0.0164. The Hall–Kier alpha value is -3.63. The number of rotatable bonds is 36. The van der Waals surface area contributed by atoms with E-state index in [1.165, 1.54) is 0 Å². The number of phosphoric acid groups is 1. The molecule has 0 spiro atoms. The molecule has 2 unspecified atom stereocenters. The minimum Gasteiger partial charge on any atom is -0.756 e. The van der Waals surface area contributed by atoms with Crippen LogP contribution in [0.25, 0.3) is 0 Å². The van der Waals surface area contributed by atoms with Gasteiger partial charge in [-0.2, -0.15) is 0 Å². The van der Waals surface area contributed by atoms with Gasteiger partial charge >= 0.3 is 11.9 Å². The van der Waals surface area contributed by atoms with Crippen LogP contribution in [0, 0.1) is 0 Å². The second kappa shape index (κ2) is 38.6. The van der Waals surface area contributed by atoms with Gasteiger partial charge in [-0.25, -0.2) is 0 Å². The molecule has 10 nitrogen and oxygen atoms in total. The summed E-state index contributed by atoms with van der Waals surface area (Å²) < 4.78 is 33.6. The Labute approximate surface area is 357 Å². The zero-order chi connectivity index (χ0) is 43.7. The molecule has 332 valence electrons. The molecule has 11 heteroatoms. The van der Waals surface area contributed by atoms with Crippen molar-refractivity contribution in [2.45, 2.75) is 122 Å². The second-order valence-corrected chi connectivity index (χ2v) is 16.2. The van der Waals surface area contributed by atoms with Gasteiger partial charge in [0.15, 0.2) is 6.10 Å². The molecule has 59 heavy (non-hydrogen) atoms. The maximum atomic E-state index is 12.7. The van der Waals surface area contributed by atoms with E-state index >= 15 is 0 Å². The maximum absolute atomic E-state index is 12.7. The van der Waals surface area contributed by atoms with Gasteiger partial charge in [0, 0.05) is 12.8 Å². The molecule has 0 fully saturated rings. The molecule has 0 aliphatic rings. The molecular formula is C48H76NO9P. The third kappa shape index (κ3) is 42.3. The number of nitrogens with zero attached hydrogens (tertiary/aromatic N) is 1. The fraction of sp³-hybridized carbons (Fsp3) is 0.542. The number of phosphoric ester groups is 1. The van der Waals surface area contributed by atoms with Crippen molar-refractivity contribution in [1.29, 1.82) is 0 Å². The molecule has 3 atom stereocenters. The summed E-state index contributed by atoms with van der Waals surface area (Å²) in [5.74, 6) is -1.08. The summed E-state index contributed by atoms with van der Waals surface area (Å²) in [4.78, 5) is 37.5. The van der Waals surface area contributed by atoms with Crippen molar-refractivity contribution >= 4 is 19.8 Å². The van der Waals surface area contributed by atoms with Crippen molar-refractivity contribution < 1.29 is 47.2 Å². The number of hydrogen-bond donors (Lipinski definition) is 1. The van der Waals surface area contributed by atoms with Gasteiger partial charge in [-0.05, 0) is 83.5 Å². The first-order valence-corrected chi connectivity index (χ1v) is 22.8. The zero-order valence-electron chi connectivity index (χ0n) is 36.7. The number of aliphatic hydroxyl groups is 1. The largest absolute Gasteiger partial charge is 0.756 e. The van der Waals surface area contributed by atoms with Crippen LogP contribution in [0.4, 0.5) is 0 Å². The fourth-order valence-corrected chi connectivity index (χ4v) is 5.48. The van der Waals surface area contributed by atoms with E-state index in [0.29, 0.717) is 30.3 Å². The van der Waals surface area contributed by atoms with Crippen LogP contribution >= 0.6 is 7.82 Å². The summed E-state index contributed by atoms with van der Waals surface area (Å²) in [6.45, 7) is 3.69. The average Bonchev–Trinajstić information content (AvgIpc) is 3.18. The van der Waals surface area contributed by atoms with Crippen LogP contribution in [-0.2, 0) is 32.7 Å². The number of ether oxygens (including phenoxy) is 2. The highest BCUT2D eigenvalue weighted by atomic mass is 31.2. The SMILES string of the molecule is CC/C=C\C/C=C\C/C=C\C/C=C\C=C/C(O)C/C=C\CCC(=O)O[C@H](COC(=O)CCCC/C=C\C/C=C\C/C=C\C/C=C\CC)COP(=O)([O-])OCC[N+](C)(C)C. The van der Waals surface area contributed by atoms with Crippen LogP contribution in [0.1, 0.15) is 110 Å². The molecule has 0 bridgehead atoms. The Bertz CT molecular complexity index is 1430. The third-order valence-electron chi connectivity index (χ3n) is 8.07. The first-order chi connectivity index (χ1) is 28.4. The van der Waals surface area contributed by atoms with Gasteiger partial charge in [0.2, 0.25) is 0 Å².